The number of hydrogen-bond acceptors (Lipinski definition) is 4. The zero-order valence-electron chi connectivity index (χ0n) is 17.0. The van der Waals surface area contributed by atoms with E-state index in [9.17, 15) is 4.79 Å². The van der Waals surface area contributed by atoms with E-state index in [4.69, 9.17) is 14.2 Å². The molecule has 156 valence electrons. The molecule has 6 heteroatoms. The van der Waals surface area contributed by atoms with Gasteiger partial charge in [-0.3, -0.25) is 4.79 Å². The van der Waals surface area contributed by atoms with Crippen LogP contribution >= 0.6 is 15.9 Å². The maximum atomic E-state index is 12.4. The number of aryl methyl sites for hydroxylation is 1. The minimum atomic E-state index is -0.0605. The van der Waals surface area contributed by atoms with Crippen molar-refractivity contribution in [3.05, 3.63) is 82.3 Å². The van der Waals surface area contributed by atoms with Gasteiger partial charge in [0, 0.05) is 16.6 Å². The lowest BCUT2D eigenvalue weighted by Gasteiger charge is -2.12. The van der Waals surface area contributed by atoms with Gasteiger partial charge in [-0.2, -0.15) is 0 Å². The fourth-order valence-electron chi connectivity index (χ4n) is 2.93. The third kappa shape index (κ3) is 6.00. The highest BCUT2D eigenvalue weighted by Crippen LogP contribution is 2.33. The van der Waals surface area contributed by atoms with E-state index in [0.717, 1.165) is 27.0 Å². The summed E-state index contributed by atoms with van der Waals surface area (Å²) in [7, 11) is 3.19. The number of hydrogen-bond donors (Lipinski definition) is 1. The lowest BCUT2D eigenvalue weighted by Crippen LogP contribution is -2.12. The Bertz CT molecular complexity index is 975. The summed E-state index contributed by atoms with van der Waals surface area (Å²) in [5, 5.41) is 2.92. The van der Waals surface area contributed by atoms with Crippen molar-refractivity contribution in [3.8, 4) is 17.2 Å². The van der Waals surface area contributed by atoms with Crippen LogP contribution in [-0.2, 0) is 17.8 Å². The van der Waals surface area contributed by atoms with Gasteiger partial charge in [0.05, 0.1) is 14.2 Å². The molecule has 3 aromatic carbocycles. The zero-order valence-corrected chi connectivity index (χ0v) is 18.6. The van der Waals surface area contributed by atoms with Crippen molar-refractivity contribution >= 4 is 27.5 Å². The fraction of sp³-hybridized carbons (Fsp3) is 0.208. The van der Waals surface area contributed by atoms with Crippen molar-refractivity contribution < 1.29 is 19.0 Å². The van der Waals surface area contributed by atoms with Gasteiger partial charge in [0.25, 0.3) is 0 Å². The van der Waals surface area contributed by atoms with Gasteiger partial charge >= 0.3 is 0 Å². The quantitative estimate of drug-likeness (QED) is 0.441. The molecule has 0 atom stereocenters. The van der Waals surface area contributed by atoms with Gasteiger partial charge in [-0.1, -0.05) is 46.3 Å². The van der Waals surface area contributed by atoms with Crippen LogP contribution in [0.3, 0.4) is 0 Å². The van der Waals surface area contributed by atoms with Crippen molar-refractivity contribution in [2.24, 2.45) is 0 Å². The Balaban J connectivity index is 1.51. The van der Waals surface area contributed by atoms with Crippen LogP contribution in [0, 0.1) is 0 Å². The second-order valence-electron chi connectivity index (χ2n) is 6.65. The van der Waals surface area contributed by atoms with Crippen LogP contribution in [0.4, 0.5) is 5.69 Å². The lowest BCUT2D eigenvalue weighted by atomic mass is 10.1. The zero-order chi connectivity index (χ0) is 21.3. The Morgan fingerprint density at radius 2 is 1.60 bits per heavy atom. The number of carbonyl (C=O) groups excluding carboxylic acids is 1. The van der Waals surface area contributed by atoms with Crippen LogP contribution in [0.15, 0.2) is 71.2 Å². The molecule has 0 saturated heterocycles. The number of ether oxygens (including phenoxy) is 3. The molecular weight excluding hydrogens is 446 g/mol. The van der Waals surface area contributed by atoms with Gasteiger partial charge in [-0.25, -0.2) is 0 Å². The molecule has 0 spiro atoms. The third-order valence-electron chi connectivity index (χ3n) is 4.56. The van der Waals surface area contributed by atoms with Crippen LogP contribution in [0.1, 0.15) is 17.5 Å². The van der Waals surface area contributed by atoms with Crippen LogP contribution in [0.5, 0.6) is 17.2 Å². The first-order valence-electron chi connectivity index (χ1n) is 9.56. The SMILES string of the molecule is COc1cc(Br)c(CCC(=O)Nc2ccc(OCc3ccccc3)cc2)cc1OC. The molecule has 0 heterocycles. The Kier molecular flexibility index (Phi) is 7.74. The fourth-order valence-corrected chi connectivity index (χ4v) is 3.46. The number of anilines is 1. The number of nitrogens with one attached hydrogen (secondary N) is 1. The minimum absolute atomic E-state index is 0.0605. The minimum Gasteiger partial charge on any atom is -0.493 e. The van der Waals surface area contributed by atoms with Gasteiger partial charge in [-0.05, 0) is 53.9 Å². The van der Waals surface area contributed by atoms with Gasteiger partial charge in [0.2, 0.25) is 5.91 Å². The van der Waals surface area contributed by atoms with Crippen molar-refractivity contribution in [1.29, 1.82) is 0 Å². The predicted molar refractivity (Wildman–Crippen MR) is 121 cm³/mol. The normalized spacial score (nSPS) is 10.4. The molecule has 0 unspecified atom stereocenters. The summed E-state index contributed by atoms with van der Waals surface area (Å²) in [4.78, 5) is 12.4. The second kappa shape index (κ2) is 10.7. The van der Waals surface area contributed by atoms with E-state index >= 15 is 0 Å². The maximum Gasteiger partial charge on any atom is 0.224 e. The molecule has 0 bridgehead atoms. The Morgan fingerprint density at radius 1 is 0.933 bits per heavy atom. The van der Waals surface area contributed by atoms with Gasteiger partial charge in [-0.15, -0.1) is 0 Å². The van der Waals surface area contributed by atoms with Crippen LogP contribution in [-0.4, -0.2) is 20.1 Å². The first-order chi connectivity index (χ1) is 14.6. The molecule has 0 saturated carbocycles. The van der Waals surface area contributed by atoms with E-state index in [-0.39, 0.29) is 5.91 Å². The van der Waals surface area contributed by atoms with Gasteiger partial charge < -0.3 is 19.5 Å². The molecule has 0 aliphatic heterocycles. The highest BCUT2D eigenvalue weighted by molar-refractivity contribution is 9.10. The number of halogens is 1. The van der Waals surface area contributed by atoms with E-state index in [1.165, 1.54) is 0 Å². The number of benzene rings is 3. The number of methoxy groups -OCH3 is 2. The molecule has 5 nitrogen and oxygen atoms in total. The molecule has 1 amide bonds. The van der Waals surface area contributed by atoms with Crippen molar-refractivity contribution in [1.82, 2.24) is 0 Å². The summed E-state index contributed by atoms with van der Waals surface area (Å²) in [6.45, 7) is 0.507. The molecular formula is C24H24BrNO4. The largest absolute Gasteiger partial charge is 0.493 e. The molecule has 0 aliphatic carbocycles. The van der Waals surface area contributed by atoms with Gasteiger partial charge in [0.1, 0.15) is 12.4 Å². The van der Waals surface area contributed by atoms with Crippen molar-refractivity contribution in [3.63, 3.8) is 0 Å². The summed E-state index contributed by atoms with van der Waals surface area (Å²) < 4.78 is 17.3. The Hall–Kier alpha value is -2.99. The molecule has 0 aliphatic rings. The van der Waals surface area contributed by atoms with Crippen molar-refractivity contribution in [2.75, 3.05) is 19.5 Å². The molecule has 3 rings (SSSR count). The molecule has 1 N–H and O–H groups in total. The maximum absolute atomic E-state index is 12.4. The van der Waals surface area contributed by atoms with E-state index in [0.29, 0.717) is 30.9 Å². The smallest absolute Gasteiger partial charge is 0.224 e. The van der Waals surface area contributed by atoms with Crippen LogP contribution < -0.4 is 19.5 Å². The summed E-state index contributed by atoms with van der Waals surface area (Å²) in [5.74, 6) is 1.98. The number of amides is 1. The summed E-state index contributed by atoms with van der Waals surface area (Å²) in [5.41, 5.74) is 2.82. The Labute approximate surface area is 185 Å². The monoisotopic (exact) mass is 469 g/mol. The molecule has 0 radical (unpaired) electrons. The first-order valence-corrected chi connectivity index (χ1v) is 10.4. The first kappa shape index (κ1) is 21.7. The second-order valence-corrected chi connectivity index (χ2v) is 7.50. The number of carbonyl (C=O) groups is 1. The van der Waals surface area contributed by atoms with Crippen molar-refractivity contribution in [2.45, 2.75) is 19.4 Å². The highest BCUT2D eigenvalue weighted by Gasteiger charge is 2.11. The molecule has 3 aromatic rings. The number of rotatable bonds is 9. The average molecular weight is 470 g/mol. The van der Waals surface area contributed by atoms with E-state index in [1.807, 2.05) is 66.7 Å². The van der Waals surface area contributed by atoms with E-state index in [1.54, 1.807) is 14.2 Å². The average Bonchev–Trinajstić information content (AvgIpc) is 2.78. The predicted octanol–water partition coefficient (Wildman–Crippen LogP) is 5.62. The highest BCUT2D eigenvalue weighted by atomic mass is 79.9. The van der Waals surface area contributed by atoms with Crippen LogP contribution in [0.25, 0.3) is 0 Å². The van der Waals surface area contributed by atoms with Crippen LogP contribution in [0.2, 0.25) is 0 Å². The summed E-state index contributed by atoms with van der Waals surface area (Å²) in [6, 6.07) is 21.1. The molecule has 0 aromatic heterocycles. The summed E-state index contributed by atoms with van der Waals surface area (Å²) in [6.07, 6.45) is 0.922. The molecule has 30 heavy (non-hydrogen) atoms. The topological polar surface area (TPSA) is 56.8 Å². The standard InChI is InChI=1S/C24H24BrNO4/c1-28-22-14-18(21(25)15-23(22)29-2)8-13-24(27)26-19-9-11-20(12-10-19)30-16-17-6-4-3-5-7-17/h3-7,9-12,14-15H,8,13,16H2,1-2H3,(H,26,27). The lowest BCUT2D eigenvalue weighted by molar-refractivity contribution is -0.116. The van der Waals surface area contributed by atoms with E-state index in [2.05, 4.69) is 21.2 Å². The van der Waals surface area contributed by atoms with Gasteiger partial charge in [0.15, 0.2) is 11.5 Å². The van der Waals surface area contributed by atoms with E-state index < -0.39 is 0 Å². The third-order valence-corrected chi connectivity index (χ3v) is 5.30. The Morgan fingerprint density at radius 3 is 2.27 bits per heavy atom. The summed E-state index contributed by atoms with van der Waals surface area (Å²) >= 11 is 3.53. The molecule has 0 fully saturated rings.